The molecule has 0 atom stereocenters. The molecule has 1 aliphatic rings. The molecule has 1 heterocycles. The highest BCUT2D eigenvalue weighted by Crippen LogP contribution is 2.36. The fraction of sp³-hybridized carbons (Fsp3) is 0.200. The van der Waals surface area contributed by atoms with Gasteiger partial charge in [-0.05, 0) is 29.7 Å². The van der Waals surface area contributed by atoms with E-state index in [4.69, 9.17) is 11.6 Å². The zero-order valence-electron chi connectivity index (χ0n) is 9.57. The molecule has 2 heteroatoms. The summed E-state index contributed by atoms with van der Waals surface area (Å²) >= 11 is 6.01. The standard InChI is InChI=1S/C15H14ClN/c16-11-13-6-2-4-8-15(13)17-10-9-12-5-1-3-7-14(12)17/h1-8H,9-11H2. The van der Waals surface area contributed by atoms with Gasteiger partial charge in [0.2, 0.25) is 0 Å². The largest absolute Gasteiger partial charge is 0.341 e. The summed E-state index contributed by atoms with van der Waals surface area (Å²) in [7, 11) is 0. The smallest absolute Gasteiger partial charge is 0.0494 e. The van der Waals surface area contributed by atoms with Gasteiger partial charge in [-0.15, -0.1) is 11.6 Å². The predicted molar refractivity (Wildman–Crippen MR) is 73.2 cm³/mol. The third-order valence-corrected chi connectivity index (χ3v) is 3.60. The van der Waals surface area contributed by atoms with Crippen molar-refractivity contribution in [2.45, 2.75) is 12.3 Å². The second kappa shape index (κ2) is 4.42. The average Bonchev–Trinajstić information content (AvgIpc) is 2.82. The van der Waals surface area contributed by atoms with E-state index in [1.807, 2.05) is 6.07 Å². The summed E-state index contributed by atoms with van der Waals surface area (Å²) in [5, 5.41) is 0. The third kappa shape index (κ3) is 1.81. The fourth-order valence-corrected chi connectivity index (χ4v) is 2.70. The second-order valence-electron chi connectivity index (χ2n) is 4.29. The molecule has 2 aromatic rings. The molecule has 0 aromatic heterocycles. The van der Waals surface area contributed by atoms with Gasteiger partial charge in [-0.3, -0.25) is 0 Å². The minimum atomic E-state index is 0.564. The van der Waals surface area contributed by atoms with Crippen molar-refractivity contribution in [2.24, 2.45) is 0 Å². The van der Waals surface area contributed by atoms with E-state index in [1.165, 1.54) is 22.5 Å². The minimum Gasteiger partial charge on any atom is -0.341 e. The zero-order chi connectivity index (χ0) is 11.7. The molecule has 17 heavy (non-hydrogen) atoms. The lowest BCUT2D eigenvalue weighted by atomic mass is 10.1. The third-order valence-electron chi connectivity index (χ3n) is 3.31. The molecule has 2 aromatic carbocycles. The maximum absolute atomic E-state index is 6.01. The van der Waals surface area contributed by atoms with E-state index >= 15 is 0 Å². The summed E-state index contributed by atoms with van der Waals surface area (Å²) in [4.78, 5) is 2.37. The lowest BCUT2D eigenvalue weighted by Gasteiger charge is -2.22. The molecule has 0 amide bonds. The molecule has 0 saturated heterocycles. The van der Waals surface area contributed by atoms with E-state index in [2.05, 4.69) is 47.4 Å². The van der Waals surface area contributed by atoms with Crippen molar-refractivity contribution < 1.29 is 0 Å². The van der Waals surface area contributed by atoms with E-state index in [0.29, 0.717) is 5.88 Å². The molecule has 0 bridgehead atoms. The second-order valence-corrected chi connectivity index (χ2v) is 4.56. The summed E-state index contributed by atoms with van der Waals surface area (Å²) in [6.45, 7) is 1.05. The van der Waals surface area contributed by atoms with Crippen LogP contribution in [0.15, 0.2) is 48.5 Å². The number of benzene rings is 2. The molecule has 0 fully saturated rings. The van der Waals surface area contributed by atoms with E-state index < -0.39 is 0 Å². The summed E-state index contributed by atoms with van der Waals surface area (Å²) in [5.74, 6) is 0.564. The number of fused-ring (bicyclic) bond motifs is 1. The molecule has 0 radical (unpaired) electrons. The molecular formula is C15H14ClN. The average molecular weight is 244 g/mol. The monoisotopic (exact) mass is 243 g/mol. The van der Waals surface area contributed by atoms with Gasteiger partial charge in [0.15, 0.2) is 0 Å². The summed E-state index contributed by atoms with van der Waals surface area (Å²) < 4.78 is 0. The SMILES string of the molecule is ClCc1ccccc1N1CCc2ccccc21. The number of para-hydroxylation sites is 2. The number of hydrogen-bond acceptors (Lipinski definition) is 1. The van der Waals surface area contributed by atoms with Gasteiger partial charge in [0, 0.05) is 23.8 Å². The number of alkyl halides is 1. The molecular weight excluding hydrogens is 230 g/mol. The van der Waals surface area contributed by atoms with Crippen molar-refractivity contribution in [2.75, 3.05) is 11.4 Å². The highest BCUT2D eigenvalue weighted by atomic mass is 35.5. The number of rotatable bonds is 2. The number of halogens is 1. The molecule has 86 valence electrons. The van der Waals surface area contributed by atoms with Crippen molar-refractivity contribution in [3.8, 4) is 0 Å². The number of hydrogen-bond donors (Lipinski definition) is 0. The van der Waals surface area contributed by atoms with Crippen LogP contribution in [-0.4, -0.2) is 6.54 Å². The Morgan fingerprint density at radius 1 is 0.941 bits per heavy atom. The summed E-state index contributed by atoms with van der Waals surface area (Å²) in [6.07, 6.45) is 1.12. The maximum atomic E-state index is 6.01. The van der Waals surface area contributed by atoms with Gasteiger partial charge in [-0.25, -0.2) is 0 Å². The van der Waals surface area contributed by atoms with Crippen LogP contribution in [0.5, 0.6) is 0 Å². The minimum absolute atomic E-state index is 0.564. The molecule has 3 rings (SSSR count). The van der Waals surface area contributed by atoms with Crippen molar-refractivity contribution >= 4 is 23.0 Å². The Morgan fingerprint density at radius 3 is 2.47 bits per heavy atom. The van der Waals surface area contributed by atoms with Crippen molar-refractivity contribution in [1.29, 1.82) is 0 Å². The summed E-state index contributed by atoms with van der Waals surface area (Å²) in [6, 6.07) is 17.0. The first-order valence-corrected chi connectivity index (χ1v) is 6.43. The van der Waals surface area contributed by atoms with Crippen molar-refractivity contribution in [3.05, 3.63) is 59.7 Å². The first kappa shape index (κ1) is 10.7. The number of nitrogens with zero attached hydrogens (tertiary/aromatic N) is 1. The van der Waals surface area contributed by atoms with Gasteiger partial charge < -0.3 is 4.90 Å². The van der Waals surface area contributed by atoms with Crippen LogP contribution in [-0.2, 0) is 12.3 Å². The lowest BCUT2D eigenvalue weighted by Crippen LogP contribution is -2.14. The van der Waals surface area contributed by atoms with Crippen molar-refractivity contribution in [3.63, 3.8) is 0 Å². The fourth-order valence-electron chi connectivity index (χ4n) is 2.48. The van der Waals surface area contributed by atoms with Gasteiger partial charge in [0.1, 0.15) is 0 Å². The molecule has 1 nitrogen and oxygen atoms in total. The lowest BCUT2D eigenvalue weighted by molar-refractivity contribution is 0.991. The Labute approximate surface area is 107 Å². The van der Waals surface area contributed by atoms with Crippen LogP contribution in [0.4, 0.5) is 11.4 Å². The Bertz CT molecular complexity index is 536. The molecule has 0 N–H and O–H groups in total. The first-order valence-electron chi connectivity index (χ1n) is 5.89. The van der Waals surface area contributed by atoms with E-state index in [1.54, 1.807) is 0 Å². The first-order chi connectivity index (χ1) is 8.40. The maximum Gasteiger partial charge on any atom is 0.0494 e. The Hall–Kier alpha value is -1.47. The van der Waals surface area contributed by atoms with Crippen LogP contribution in [0.1, 0.15) is 11.1 Å². The molecule has 0 saturated carbocycles. The van der Waals surface area contributed by atoms with Gasteiger partial charge in [-0.2, -0.15) is 0 Å². The normalized spacial score (nSPS) is 13.8. The van der Waals surface area contributed by atoms with Crippen LogP contribution < -0.4 is 4.90 Å². The Kier molecular flexibility index (Phi) is 2.77. The zero-order valence-corrected chi connectivity index (χ0v) is 10.3. The highest BCUT2D eigenvalue weighted by molar-refractivity contribution is 6.17. The van der Waals surface area contributed by atoms with Gasteiger partial charge in [0.25, 0.3) is 0 Å². The number of anilines is 2. The molecule has 1 aliphatic heterocycles. The Morgan fingerprint density at radius 2 is 1.65 bits per heavy atom. The van der Waals surface area contributed by atoms with Crippen LogP contribution in [0, 0.1) is 0 Å². The van der Waals surface area contributed by atoms with Crippen LogP contribution in [0.2, 0.25) is 0 Å². The van der Waals surface area contributed by atoms with Gasteiger partial charge >= 0.3 is 0 Å². The van der Waals surface area contributed by atoms with Gasteiger partial charge in [-0.1, -0.05) is 36.4 Å². The van der Waals surface area contributed by atoms with Crippen LogP contribution >= 0.6 is 11.6 Å². The topological polar surface area (TPSA) is 3.24 Å². The van der Waals surface area contributed by atoms with E-state index in [9.17, 15) is 0 Å². The van der Waals surface area contributed by atoms with Crippen LogP contribution in [0.3, 0.4) is 0 Å². The van der Waals surface area contributed by atoms with E-state index in [-0.39, 0.29) is 0 Å². The molecule has 0 aliphatic carbocycles. The molecule has 0 spiro atoms. The van der Waals surface area contributed by atoms with E-state index in [0.717, 1.165) is 13.0 Å². The highest BCUT2D eigenvalue weighted by Gasteiger charge is 2.21. The van der Waals surface area contributed by atoms with Gasteiger partial charge in [0.05, 0.1) is 0 Å². The summed E-state index contributed by atoms with van der Waals surface area (Å²) in [5.41, 5.74) is 5.19. The quantitative estimate of drug-likeness (QED) is 0.718. The Balaban J connectivity index is 2.07. The predicted octanol–water partition coefficient (Wildman–Crippen LogP) is 4.12. The van der Waals surface area contributed by atoms with Crippen LogP contribution in [0.25, 0.3) is 0 Å². The van der Waals surface area contributed by atoms with Crippen molar-refractivity contribution in [1.82, 2.24) is 0 Å². The molecule has 0 unspecified atom stereocenters.